The molecule has 0 aromatic rings. The molecule has 0 heterocycles. The normalized spacial score (nSPS) is 22.8. The minimum atomic E-state index is -0.0972. The van der Waals surface area contributed by atoms with E-state index < -0.39 is 0 Å². The van der Waals surface area contributed by atoms with E-state index in [0.717, 1.165) is 12.8 Å². The summed E-state index contributed by atoms with van der Waals surface area (Å²) in [6.45, 7) is 1.64. The van der Waals surface area contributed by atoms with Gasteiger partial charge < -0.3 is 5.32 Å². The van der Waals surface area contributed by atoms with Gasteiger partial charge in [-0.2, -0.15) is 0 Å². The van der Waals surface area contributed by atoms with E-state index in [9.17, 15) is 4.79 Å². The molecule has 0 bridgehead atoms. The van der Waals surface area contributed by atoms with Crippen molar-refractivity contribution >= 4 is 5.78 Å². The summed E-state index contributed by atoms with van der Waals surface area (Å²) in [5.74, 6) is 0.278. The summed E-state index contributed by atoms with van der Waals surface area (Å²) in [7, 11) is 1.84. The molecule has 0 atom stereocenters. The van der Waals surface area contributed by atoms with Gasteiger partial charge in [-0.3, -0.25) is 4.79 Å². The van der Waals surface area contributed by atoms with Gasteiger partial charge in [0.15, 0.2) is 0 Å². The van der Waals surface area contributed by atoms with Crippen LogP contribution < -0.4 is 5.32 Å². The van der Waals surface area contributed by atoms with Gasteiger partial charge in [0.05, 0.1) is 5.54 Å². The summed E-state index contributed by atoms with van der Waals surface area (Å²) < 4.78 is 0. The van der Waals surface area contributed by atoms with Crippen molar-refractivity contribution in [2.24, 2.45) is 0 Å². The zero-order valence-corrected chi connectivity index (χ0v) is 5.32. The van der Waals surface area contributed by atoms with Crippen molar-refractivity contribution in [1.82, 2.24) is 5.32 Å². The summed E-state index contributed by atoms with van der Waals surface area (Å²) >= 11 is 0. The Hall–Kier alpha value is -0.370. The largest absolute Gasteiger partial charge is 0.308 e. The quantitative estimate of drug-likeness (QED) is 0.559. The van der Waals surface area contributed by atoms with Crippen LogP contribution in [0.5, 0.6) is 0 Å². The van der Waals surface area contributed by atoms with Crippen LogP contribution in [0.2, 0.25) is 0 Å². The summed E-state index contributed by atoms with van der Waals surface area (Å²) in [5, 5.41) is 3.00. The maximum atomic E-state index is 10.7. The molecule has 0 aromatic heterocycles. The highest BCUT2D eigenvalue weighted by Crippen LogP contribution is 2.35. The summed E-state index contributed by atoms with van der Waals surface area (Å²) in [5.41, 5.74) is -0.0972. The number of carbonyl (C=O) groups excluding carboxylic acids is 1. The first-order chi connectivity index (χ1) is 3.71. The van der Waals surface area contributed by atoms with Crippen LogP contribution in [0.25, 0.3) is 0 Å². The summed E-state index contributed by atoms with van der Waals surface area (Å²) in [6, 6.07) is 0. The van der Waals surface area contributed by atoms with Crippen molar-refractivity contribution in [3.63, 3.8) is 0 Å². The molecular weight excluding hydrogens is 102 g/mol. The molecule has 1 aliphatic carbocycles. The number of Topliss-reactive ketones (excluding diaryl/α,β-unsaturated/α-hetero) is 1. The molecule has 0 spiro atoms. The van der Waals surface area contributed by atoms with Gasteiger partial charge in [0, 0.05) is 0 Å². The molecule has 0 aromatic carbocycles. The highest BCUT2D eigenvalue weighted by atomic mass is 16.1. The minimum absolute atomic E-state index is 0.0972. The van der Waals surface area contributed by atoms with Gasteiger partial charge in [-0.1, -0.05) is 0 Å². The highest BCUT2D eigenvalue weighted by Gasteiger charge is 2.45. The maximum absolute atomic E-state index is 10.7. The van der Waals surface area contributed by atoms with E-state index in [1.165, 1.54) is 0 Å². The van der Waals surface area contributed by atoms with Crippen molar-refractivity contribution in [3.05, 3.63) is 0 Å². The molecule has 1 saturated carbocycles. The van der Waals surface area contributed by atoms with E-state index in [1.807, 2.05) is 7.05 Å². The third kappa shape index (κ3) is 0.650. The van der Waals surface area contributed by atoms with E-state index in [0.29, 0.717) is 0 Å². The van der Waals surface area contributed by atoms with Gasteiger partial charge in [0.1, 0.15) is 5.78 Å². The highest BCUT2D eigenvalue weighted by molar-refractivity contribution is 5.89. The Morgan fingerprint density at radius 1 is 1.62 bits per heavy atom. The van der Waals surface area contributed by atoms with Crippen molar-refractivity contribution in [2.75, 3.05) is 7.05 Å². The first-order valence-electron chi connectivity index (χ1n) is 2.91. The molecular formula is C6H11NO. The van der Waals surface area contributed by atoms with E-state index in [2.05, 4.69) is 5.32 Å². The topological polar surface area (TPSA) is 29.1 Å². The van der Waals surface area contributed by atoms with Crippen LogP contribution in [0, 0.1) is 0 Å². The standard InChI is InChI=1S/C6H11NO/c1-5(8)6(7-2)3-4-6/h7H,3-4H2,1-2H3. The molecule has 46 valence electrons. The molecule has 0 radical (unpaired) electrons. The Labute approximate surface area is 49.3 Å². The monoisotopic (exact) mass is 113 g/mol. The molecule has 0 saturated heterocycles. The number of likely N-dealkylation sites (N-methyl/N-ethyl adjacent to an activating group) is 1. The fourth-order valence-electron chi connectivity index (χ4n) is 0.903. The number of hydrogen-bond donors (Lipinski definition) is 1. The lowest BCUT2D eigenvalue weighted by Crippen LogP contribution is -2.34. The molecule has 2 nitrogen and oxygen atoms in total. The van der Waals surface area contributed by atoms with Crippen molar-refractivity contribution < 1.29 is 4.79 Å². The van der Waals surface area contributed by atoms with Gasteiger partial charge in [-0.15, -0.1) is 0 Å². The van der Waals surface area contributed by atoms with Gasteiger partial charge in [0.25, 0.3) is 0 Å². The van der Waals surface area contributed by atoms with Crippen LogP contribution in [-0.4, -0.2) is 18.4 Å². The Balaban J connectivity index is 2.53. The third-order valence-electron chi connectivity index (χ3n) is 1.90. The minimum Gasteiger partial charge on any atom is -0.308 e. The number of carbonyl (C=O) groups is 1. The average molecular weight is 113 g/mol. The zero-order chi connectivity index (χ0) is 6.20. The van der Waals surface area contributed by atoms with E-state index in [-0.39, 0.29) is 11.3 Å². The van der Waals surface area contributed by atoms with Crippen LogP contribution in [0.3, 0.4) is 0 Å². The molecule has 0 unspecified atom stereocenters. The van der Waals surface area contributed by atoms with E-state index >= 15 is 0 Å². The molecule has 0 aliphatic heterocycles. The van der Waals surface area contributed by atoms with Crippen LogP contribution in [0.15, 0.2) is 0 Å². The number of hydrogen-bond acceptors (Lipinski definition) is 2. The third-order valence-corrected chi connectivity index (χ3v) is 1.90. The Bertz CT molecular complexity index is 116. The first-order valence-corrected chi connectivity index (χ1v) is 2.91. The SMILES string of the molecule is CNC1(C(C)=O)CC1. The molecule has 1 fully saturated rings. The Morgan fingerprint density at radius 3 is 2.12 bits per heavy atom. The first kappa shape index (κ1) is 5.76. The lowest BCUT2D eigenvalue weighted by molar-refractivity contribution is -0.119. The smallest absolute Gasteiger partial charge is 0.149 e. The lowest BCUT2D eigenvalue weighted by Gasteiger charge is -2.06. The van der Waals surface area contributed by atoms with Gasteiger partial charge in [0.2, 0.25) is 0 Å². The van der Waals surface area contributed by atoms with Crippen molar-refractivity contribution in [2.45, 2.75) is 25.3 Å². The van der Waals surface area contributed by atoms with Crippen LogP contribution >= 0.6 is 0 Å². The van der Waals surface area contributed by atoms with E-state index in [4.69, 9.17) is 0 Å². The van der Waals surface area contributed by atoms with E-state index in [1.54, 1.807) is 6.92 Å². The van der Waals surface area contributed by atoms with Gasteiger partial charge >= 0.3 is 0 Å². The maximum Gasteiger partial charge on any atom is 0.149 e. The van der Waals surface area contributed by atoms with Crippen LogP contribution in [0.4, 0.5) is 0 Å². The second kappa shape index (κ2) is 1.55. The second-order valence-electron chi connectivity index (χ2n) is 2.39. The van der Waals surface area contributed by atoms with Gasteiger partial charge in [-0.05, 0) is 26.8 Å². The fraction of sp³-hybridized carbons (Fsp3) is 0.833. The van der Waals surface area contributed by atoms with Crippen molar-refractivity contribution in [3.8, 4) is 0 Å². The zero-order valence-electron chi connectivity index (χ0n) is 5.32. The summed E-state index contributed by atoms with van der Waals surface area (Å²) in [4.78, 5) is 10.7. The average Bonchev–Trinajstić information content (AvgIpc) is 2.44. The molecule has 1 N–H and O–H groups in total. The molecule has 8 heavy (non-hydrogen) atoms. The predicted octanol–water partition coefficient (Wildman–Crippen LogP) is 0.327. The lowest BCUT2D eigenvalue weighted by atomic mass is 10.2. The summed E-state index contributed by atoms with van der Waals surface area (Å²) in [6.07, 6.45) is 2.05. The number of ketones is 1. The predicted molar refractivity (Wildman–Crippen MR) is 31.7 cm³/mol. The van der Waals surface area contributed by atoms with Gasteiger partial charge in [-0.25, -0.2) is 0 Å². The molecule has 2 heteroatoms. The van der Waals surface area contributed by atoms with Crippen LogP contribution in [-0.2, 0) is 4.79 Å². The molecule has 0 amide bonds. The second-order valence-corrected chi connectivity index (χ2v) is 2.39. The number of rotatable bonds is 2. The van der Waals surface area contributed by atoms with Crippen LogP contribution in [0.1, 0.15) is 19.8 Å². The fourth-order valence-corrected chi connectivity index (χ4v) is 0.903. The Kier molecular flexibility index (Phi) is 1.12. The van der Waals surface area contributed by atoms with Crippen molar-refractivity contribution in [1.29, 1.82) is 0 Å². The molecule has 1 rings (SSSR count). The number of nitrogens with one attached hydrogen (secondary N) is 1. The molecule has 1 aliphatic rings. The Morgan fingerprint density at radius 2 is 2.12 bits per heavy atom.